The van der Waals surface area contributed by atoms with Crippen LogP contribution >= 0.6 is 0 Å². The summed E-state index contributed by atoms with van der Waals surface area (Å²) in [7, 11) is 1.66. The summed E-state index contributed by atoms with van der Waals surface area (Å²) in [4.78, 5) is 4.32. The van der Waals surface area contributed by atoms with Crippen molar-refractivity contribution in [3.8, 4) is 17.4 Å². The summed E-state index contributed by atoms with van der Waals surface area (Å²) < 4.78 is 16.0. The Bertz CT molecular complexity index is 661. The van der Waals surface area contributed by atoms with E-state index in [0.29, 0.717) is 37.1 Å². The molecule has 0 bridgehead atoms. The van der Waals surface area contributed by atoms with E-state index < -0.39 is 6.10 Å². The van der Waals surface area contributed by atoms with Crippen molar-refractivity contribution in [1.29, 1.82) is 0 Å². The molecular formula is C18H22N2O4. The maximum Gasteiger partial charge on any atom is 0.257 e. The van der Waals surface area contributed by atoms with E-state index in [0.717, 1.165) is 18.7 Å². The predicted octanol–water partition coefficient (Wildman–Crippen LogP) is 1.73. The number of fused-ring (bicyclic) bond motifs is 1. The van der Waals surface area contributed by atoms with Gasteiger partial charge in [0.1, 0.15) is 25.1 Å². The van der Waals surface area contributed by atoms with Gasteiger partial charge in [0.25, 0.3) is 5.88 Å². The van der Waals surface area contributed by atoms with E-state index in [2.05, 4.69) is 10.3 Å². The minimum atomic E-state index is -0.684. The van der Waals surface area contributed by atoms with Crippen molar-refractivity contribution in [3.05, 3.63) is 47.7 Å². The quantitative estimate of drug-likeness (QED) is 0.753. The van der Waals surface area contributed by atoms with E-state index in [1.165, 1.54) is 5.56 Å². The van der Waals surface area contributed by atoms with Crippen LogP contribution in [0.3, 0.4) is 0 Å². The molecule has 24 heavy (non-hydrogen) atoms. The third kappa shape index (κ3) is 4.15. The Kier molecular flexibility index (Phi) is 5.51. The first-order chi connectivity index (χ1) is 11.8. The van der Waals surface area contributed by atoms with E-state index in [1.807, 2.05) is 24.3 Å². The SMILES string of the molecule is COc1ccc(CCNC[C@H](O)c2ccc3c(n2)OCCO3)cc1. The van der Waals surface area contributed by atoms with E-state index in [9.17, 15) is 5.11 Å². The van der Waals surface area contributed by atoms with Crippen LogP contribution in [-0.4, -0.2) is 43.5 Å². The monoisotopic (exact) mass is 330 g/mol. The predicted molar refractivity (Wildman–Crippen MR) is 89.8 cm³/mol. The molecule has 1 atom stereocenters. The number of aromatic nitrogens is 1. The Hall–Kier alpha value is -2.31. The number of ether oxygens (including phenoxy) is 3. The maximum absolute atomic E-state index is 10.2. The van der Waals surface area contributed by atoms with E-state index in [4.69, 9.17) is 14.2 Å². The van der Waals surface area contributed by atoms with Crippen LogP contribution in [0, 0.1) is 0 Å². The molecule has 0 fully saturated rings. The third-order valence-electron chi connectivity index (χ3n) is 3.86. The zero-order chi connectivity index (χ0) is 16.8. The number of benzene rings is 1. The first-order valence-corrected chi connectivity index (χ1v) is 8.04. The minimum Gasteiger partial charge on any atom is -0.497 e. The van der Waals surface area contributed by atoms with Crippen molar-refractivity contribution in [2.45, 2.75) is 12.5 Å². The Morgan fingerprint density at radius 3 is 2.75 bits per heavy atom. The van der Waals surface area contributed by atoms with Gasteiger partial charge < -0.3 is 24.6 Å². The summed E-state index contributed by atoms with van der Waals surface area (Å²) in [5, 5.41) is 13.5. The zero-order valence-electron chi connectivity index (χ0n) is 13.7. The normalized spacial score (nSPS) is 14.2. The number of rotatable bonds is 7. The van der Waals surface area contributed by atoms with Gasteiger partial charge in [-0.15, -0.1) is 0 Å². The summed E-state index contributed by atoms with van der Waals surface area (Å²) in [6.45, 7) is 2.22. The molecule has 0 amide bonds. The number of nitrogens with zero attached hydrogens (tertiary/aromatic N) is 1. The van der Waals surface area contributed by atoms with Crippen molar-refractivity contribution in [2.24, 2.45) is 0 Å². The largest absolute Gasteiger partial charge is 0.497 e. The number of pyridine rings is 1. The molecule has 0 aliphatic carbocycles. The topological polar surface area (TPSA) is 72.8 Å². The molecule has 0 saturated carbocycles. The fourth-order valence-electron chi connectivity index (χ4n) is 2.50. The fraction of sp³-hybridized carbons (Fsp3) is 0.389. The van der Waals surface area contributed by atoms with Gasteiger partial charge in [-0.3, -0.25) is 0 Å². The van der Waals surface area contributed by atoms with Gasteiger partial charge in [0.05, 0.1) is 12.8 Å². The lowest BCUT2D eigenvalue weighted by molar-refractivity contribution is 0.152. The highest BCUT2D eigenvalue weighted by Gasteiger charge is 2.16. The van der Waals surface area contributed by atoms with Crippen molar-refractivity contribution in [3.63, 3.8) is 0 Å². The van der Waals surface area contributed by atoms with Crippen molar-refractivity contribution in [2.75, 3.05) is 33.4 Å². The lowest BCUT2D eigenvalue weighted by Gasteiger charge is -2.19. The summed E-state index contributed by atoms with van der Waals surface area (Å²) in [6, 6.07) is 11.5. The first kappa shape index (κ1) is 16.5. The molecule has 1 aliphatic heterocycles. The highest BCUT2D eigenvalue weighted by molar-refractivity contribution is 5.36. The molecule has 128 valence electrons. The molecule has 0 radical (unpaired) electrons. The highest BCUT2D eigenvalue weighted by atomic mass is 16.6. The van der Waals surface area contributed by atoms with Crippen LogP contribution in [-0.2, 0) is 6.42 Å². The fourth-order valence-corrected chi connectivity index (χ4v) is 2.50. The number of methoxy groups -OCH3 is 1. The number of hydrogen-bond acceptors (Lipinski definition) is 6. The molecule has 1 aliphatic rings. The Labute approximate surface area is 141 Å². The molecule has 0 saturated heterocycles. The lowest BCUT2D eigenvalue weighted by Crippen LogP contribution is -2.24. The van der Waals surface area contributed by atoms with Gasteiger partial charge in [-0.05, 0) is 42.8 Å². The second kappa shape index (κ2) is 7.99. The van der Waals surface area contributed by atoms with E-state index in [1.54, 1.807) is 19.2 Å². The average molecular weight is 330 g/mol. The number of aliphatic hydroxyl groups excluding tert-OH is 1. The van der Waals surface area contributed by atoms with Crippen molar-refractivity contribution < 1.29 is 19.3 Å². The summed E-state index contributed by atoms with van der Waals surface area (Å²) in [6.07, 6.45) is 0.197. The average Bonchev–Trinajstić information content (AvgIpc) is 2.65. The molecule has 6 heteroatoms. The standard InChI is InChI=1S/C18H22N2O4/c1-22-14-4-2-13(3-5-14)8-9-19-12-16(21)15-6-7-17-18(20-15)24-11-10-23-17/h2-7,16,19,21H,8-12H2,1H3/t16-/m0/s1. The molecule has 1 aromatic carbocycles. The van der Waals surface area contributed by atoms with Gasteiger partial charge in [0.15, 0.2) is 5.75 Å². The minimum absolute atomic E-state index is 0.433. The molecule has 2 heterocycles. The van der Waals surface area contributed by atoms with Crippen molar-refractivity contribution in [1.82, 2.24) is 10.3 Å². The zero-order valence-corrected chi connectivity index (χ0v) is 13.7. The molecule has 0 spiro atoms. The van der Waals surface area contributed by atoms with Crippen LogP contribution in [0.5, 0.6) is 17.4 Å². The molecule has 2 aromatic rings. The van der Waals surface area contributed by atoms with Crippen molar-refractivity contribution >= 4 is 0 Å². The molecule has 6 nitrogen and oxygen atoms in total. The molecule has 2 N–H and O–H groups in total. The summed E-state index contributed by atoms with van der Waals surface area (Å²) in [5.41, 5.74) is 1.80. The lowest BCUT2D eigenvalue weighted by atomic mass is 10.1. The van der Waals surface area contributed by atoms with Crippen LogP contribution in [0.2, 0.25) is 0 Å². The van der Waals surface area contributed by atoms with Crippen LogP contribution in [0.4, 0.5) is 0 Å². The Morgan fingerprint density at radius 1 is 1.17 bits per heavy atom. The maximum atomic E-state index is 10.2. The highest BCUT2D eigenvalue weighted by Crippen LogP contribution is 2.29. The molecule has 1 aromatic heterocycles. The molecule has 3 rings (SSSR count). The Balaban J connectivity index is 1.46. The molecular weight excluding hydrogens is 308 g/mol. The van der Waals surface area contributed by atoms with Crippen LogP contribution in [0.25, 0.3) is 0 Å². The number of aliphatic hydroxyl groups is 1. The van der Waals surface area contributed by atoms with Gasteiger partial charge >= 0.3 is 0 Å². The number of nitrogens with one attached hydrogen (secondary N) is 1. The first-order valence-electron chi connectivity index (χ1n) is 8.04. The summed E-state index contributed by atoms with van der Waals surface area (Å²) >= 11 is 0. The van der Waals surface area contributed by atoms with Gasteiger partial charge in [-0.25, -0.2) is 4.98 Å². The van der Waals surface area contributed by atoms with Gasteiger partial charge in [0.2, 0.25) is 0 Å². The molecule has 0 unspecified atom stereocenters. The van der Waals surface area contributed by atoms with Crippen LogP contribution < -0.4 is 19.5 Å². The Morgan fingerprint density at radius 2 is 1.96 bits per heavy atom. The van der Waals surface area contributed by atoms with Gasteiger partial charge in [0, 0.05) is 6.54 Å². The second-order valence-electron chi connectivity index (χ2n) is 5.55. The third-order valence-corrected chi connectivity index (χ3v) is 3.86. The summed E-state index contributed by atoms with van der Waals surface area (Å²) in [5.74, 6) is 1.94. The number of hydrogen-bond donors (Lipinski definition) is 2. The smallest absolute Gasteiger partial charge is 0.257 e. The van der Waals surface area contributed by atoms with Crippen LogP contribution in [0.15, 0.2) is 36.4 Å². The van der Waals surface area contributed by atoms with Gasteiger partial charge in [-0.1, -0.05) is 12.1 Å². The van der Waals surface area contributed by atoms with Gasteiger partial charge in [-0.2, -0.15) is 0 Å². The second-order valence-corrected chi connectivity index (χ2v) is 5.55. The van der Waals surface area contributed by atoms with E-state index in [-0.39, 0.29) is 0 Å². The van der Waals surface area contributed by atoms with Crippen LogP contribution in [0.1, 0.15) is 17.4 Å². The van der Waals surface area contributed by atoms with E-state index >= 15 is 0 Å².